The van der Waals surface area contributed by atoms with Crippen molar-refractivity contribution >= 4 is 17.3 Å². The first kappa shape index (κ1) is 11.7. The molecule has 0 unspecified atom stereocenters. The molecule has 1 aromatic rings. The number of hydrogen-bond donors (Lipinski definition) is 2. The van der Waals surface area contributed by atoms with Gasteiger partial charge in [-0.1, -0.05) is 30.9 Å². The minimum absolute atomic E-state index is 0.0407. The zero-order valence-corrected chi connectivity index (χ0v) is 10.2. The molecule has 0 amide bonds. The minimum Gasteiger partial charge on any atom is -0.398 e. The van der Waals surface area contributed by atoms with Crippen molar-refractivity contribution in [3.05, 3.63) is 28.8 Å². The van der Waals surface area contributed by atoms with Crippen molar-refractivity contribution in [1.82, 2.24) is 0 Å². The number of benzene rings is 1. The van der Waals surface area contributed by atoms with Crippen LogP contribution in [0.1, 0.15) is 43.7 Å². The van der Waals surface area contributed by atoms with E-state index in [2.05, 4.69) is 0 Å². The van der Waals surface area contributed by atoms with Crippen LogP contribution in [0, 0.1) is 5.92 Å². The van der Waals surface area contributed by atoms with Crippen molar-refractivity contribution in [2.45, 2.75) is 38.1 Å². The summed E-state index contributed by atoms with van der Waals surface area (Å²) >= 11 is 5.99. The van der Waals surface area contributed by atoms with E-state index in [1.807, 2.05) is 18.2 Å². The van der Waals surface area contributed by atoms with Crippen LogP contribution in [0.3, 0.4) is 0 Å². The second-order valence-electron chi connectivity index (χ2n) is 4.70. The Morgan fingerprint density at radius 1 is 1.19 bits per heavy atom. The monoisotopic (exact) mass is 238 g/mol. The zero-order chi connectivity index (χ0) is 11.5. The quantitative estimate of drug-likeness (QED) is 0.775. The highest BCUT2D eigenvalue weighted by molar-refractivity contribution is 6.30. The molecule has 1 aliphatic carbocycles. The number of rotatable bonds is 2. The average Bonchev–Trinajstić information content (AvgIpc) is 2.32. The van der Waals surface area contributed by atoms with Crippen LogP contribution in [0.4, 0.5) is 5.69 Å². The fourth-order valence-electron chi connectivity index (χ4n) is 2.58. The molecule has 0 aliphatic heterocycles. The molecule has 1 saturated carbocycles. The molecule has 0 spiro atoms. The Morgan fingerprint density at radius 2 is 1.88 bits per heavy atom. The third kappa shape index (κ3) is 2.50. The van der Waals surface area contributed by atoms with E-state index in [4.69, 9.17) is 23.1 Å². The van der Waals surface area contributed by atoms with E-state index in [1.165, 1.54) is 32.1 Å². The largest absolute Gasteiger partial charge is 0.398 e. The van der Waals surface area contributed by atoms with Gasteiger partial charge in [0, 0.05) is 16.8 Å². The van der Waals surface area contributed by atoms with E-state index < -0.39 is 0 Å². The Labute approximate surface area is 102 Å². The van der Waals surface area contributed by atoms with Gasteiger partial charge in [-0.05, 0) is 42.5 Å². The maximum Gasteiger partial charge on any atom is 0.0410 e. The third-order valence-electron chi connectivity index (χ3n) is 3.57. The predicted octanol–water partition coefficient (Wildman–Crippen LogP) is 3.50. The summed E-state index contributed by atoms with van der Waals surface area (Å²) in [6, 6.07) is 5.61. The Kier molecular flexibility index (Phi) is 3.72. The Morgan fingerprint density at radius 3 is 2.56 bits per heavy atom. The molecule has 0 heterocycles. The molecule has 3 heteroatoms. The maximum absolute atomic E-state index is 6.30. The molecule has 1 atom stereocenters. The van der Waals surface area contributed by atoms with Crippen molar-refractivity contribution in [2.24, 2.45) is 11.7 Å². The molecule has 88 valence electrons. The summed E-state index contributed by atoms with van der Waals surface area (Å²) in [5, 5.41) is 0.718. The molecule has 2 rings (SSSR count). The highest BCUT2D eigenvalue weighted by atomic mass is 35.5. The Bertz CT molecular complexity index is 359. The van der Waals surface area contributed by atoms with E-state index in [0.29, 0.717) is 5.92 Å². The average molecular weight is 239 g/mol. The topological polar surface area (TPSA) is 52.0 Å². The van der Waals surface area contributed by atoms with Crippen molar-refractivity contribution in [2.75, 3.05) is 5.73 Å². The van der Waals surface area contributed by atoms with Gasteiger partial charge in [-0.15, -0.1) is 0 Å². The number of halogens is 1. The molecule has 0 radical (unpaired) electrons. The molecule has 1 aliphatic rings. The lowest BCUT2D eigenvalue weighted by molar-refractivity contribution is 0.308. The first-order chi connectivity index (χ1) is 7.68. The van der Waals surface area contributed by atoms with Gasteiger partial charge in [0.15, 0.2) is 0 Å². The van der Waals surface area contributed by atoms with E-state index >= 15 is 0 Å². The van der Waals surface area contributed by atoms with Gasteiger partial charge in [0.05, 0.1) is 0 Å². The predicted molar refractivity (Wildman–Crippen MR) is 69.4 cm³/mol. The van der Waals surface area contributed by atoms with E-state index in [0.717, 1.165) is 16.3 Å². The third-order valence-corrected chi connectivity index (χ3v) is 3.80. The van der Waals surface area contributed by atoms with Gasteiger partial charge in [0.25, 0.3) is 0 Å². The van der Waals surface area contributed by atoms with Gasteiger partial charge in [-0.3, -0.25) is 0 Å². The van der Waals surface area contributed by atoms with Gasteiger partial charge in [-0.2, -0.15) is 0 Å². The molecule has 0 aromatic heterocycles. The summed E-state index contributed by atoms with van der Waals surface area (Å²) in [5.74, 6) is 0.564. The SMILES string of the molecule is Nc1ccc(Cl)cc1[C@@H](N)C1CCCCC1. The van der Waals surface area contributed by atoms with E-state index in [9.17, 15) is 0 Å². The van der Waals surface area contributed by atoms with Crippen LogP contribution < -0.4 is 11.5 Å². The number of hydrogen-bond acceptors (Lipinski definition) is 2. The van der Waals surface area contributed by atoms with Crippen LogP contribution in [0.15, 0.2) is 18.2 Å². The van der Waals surface area contributed by atoms with Crippen LogP contribution in [0.25, 0.3) is 0 Å². The van der Waals surface area contributed by atoms with Gasteiger partial charge in [0.2, 0.25) is 0 Å². The minimum atomic E-state index is 0.0407. The second-order valence-corrected chi connectivity index (χ2v) is 5.13. The van der Waals surface area contributed by atoms with Gasteiger partial charge < -0.3 is 11.5 Å². The summed E-state index contributed by atoms with van der Waals surface area (Å²) in [5.41, 5.74) is 14.0. The lowest BCUT2D eigenvalue weighted by atomic mass is 9.81. The Balaban J connectivity index is 2.18. The lowest BCUT2D eigenvalue weighted by Crippen LogP contribution is -2.24. The van der Waals surface area contributed by atoms with Crippen LogP contribution in [-0.4, -0.2) is 0 Å². The first-order valence-corrected chi connectivity index (χ1v) is 6.37. The molecule has 0 saturated heterocycles. The standard InChI is InChI=1S/C13H19ClN2/c14-10-6-7-12(15)11(8-10)13(16)9-4-2-1-3-5-9/h6-9,13H,1-5,15-16H2/t13-/m0/s1. The highest BCUT2D eigenvalue weighted by Gasteiger charge is 2.23. The summed E-state index contributed by atoms with van der Waals surface area (Å²) in [4.78, 5) is 0. The Hall–Kier alpha value is -0.730. The summed E-state index contributed by atoms with van der Waals surface area (Å²) in [7, 11) is 0. The summed E-state index contributed by atoms with van der Waals surface area (Å²) < 4.78 is 0. The molecule has 16 heavy (non-hydrogen) atoms. The lowest BCUT2D eigenvalue weighted by Gasteiger charge is -2.28. The highest BCUT2D eigenvalue weighted by Crippen LogP contribution is 2.35. The zero-order valence-electron chi connectivity index (χ0n) is 9.45. The maximum atomic E-state index is 6.30. The molecule has 0 bridgehead atoms. The molecular weight excluding hydrogens is 220 g/mol. The van der Waals surface area contributed by atoms with Crippen molar-refractivity contribution in [3.8, 4) is 0 Å². The number of nitrogens with two attached hydrogens (primary N) is 2. The molecule has 1 aromatic carbocycles. The van der Waals surface area contributed by atoms with Gasteiger partial charge in [-0.25, -0.2) is 0 Å². The van der Waals surface area contributed by atoms with Gasteiger partial charge in [0.1, 0.15) is 0 Å². The molecule has 1 fully saturated rings. The van der Waals surface area contributed by atoms with Gasteiger partial charge >= 0.3 is 0 Å². The smallest absolute Gasteiger partial charge is 0.0410 e. The van der Waals surface area contributed by atoms with Crippen molar-refractivity contribution in [3.63, 3.8) is 0 Å². The summed E-state index contributed by atoms with van der Waals surface area (Å²) in [6.07, 6.45) is 6.35. The van der Waals surface area contributed by atoms with Crippen LogP contribution in [0.5, 0.6) is 0 Å². The summed E-state index contributed by atoms with van der Waals surface area (Å²) in [6.45, 7) is 0. The van der Waals surface area contributed by atoms with E-state index in [1.54, 1.807) is 0 Å². The van der Waals surface area contributed by atoms with Crippen molar-refractivity contribution in [1.29, 1.82) is 0 Å². The number of nitrogen functional groups attached to an aromatic ring is 1. The second kappa shape index (κ2) is 5.07. The normalized spacial score (nSPS) is 19.6. The molecule has 2 nitrogen and oxygen atoms in total. The van der Waals surface area contributed by atoms with Crippen LogP contribution in [-0.2, 0) is 0 Å². The number of anilines is 1. The fraction of sp³-hybridized carbons (Fsp3) is 0.538. The van der Waals surface area contributed by atoms with E-state index in [-0.39, 0.29) is 6.04 Å². The fourth-order valence-corrected chi connectivity index (χ4v) is 2.76. The molecule has 4 N–H and O–H groups in total. The van der Waals surface area contributed by atoms with Crippen LogP contribution >= 0.6 is 11.6 Å². The first-order valence-electron chi connectivity index (χ1n) is 5.99. The molecular formula is C13H19ClN2. The van der Waals surface area contributed by atoms with Crippen molar-refractivity contribution < 1.29 is 0 Å². The van der Waals surface area contributed by atoms with Crippen LogP contribution in [0.2, 0.25) is 5.02 Å².